The van der Waals surface area contributed by atoms with E-state index >= 15 is 0 Å². The van der Waals surface area contributed by atoms with Crippen LogP contribution in [0.5, 0.6) is 11.5 Å². The lowest BCUT2D eigenvalue weighted by Gasteiger charge is -2.26. The molecule has 2 aromatic rings. The van der Waals surface area contributed by atoms with E-state index in [1.807, 2.05) is 12.1 Å². The number of hydrogen-bond donors (Lipinski definition) is 1. The van der Waals surface area contributed by atoms with Crippen LogP contribution in [0.25, 0.3) is 0 Å². The number of benzene rings is 2. The lowest BCUT2D eigenvalue weighted by molar-refractivity contribution is -0.0512. The summed E-state index contributed by atoms with van der Waals surface area (Å²) in [6.45, 7) is 1.99. The molecule has 0 spiro atoms. The first-order valence-electron chi connectivity index (χ1n) is 9.66. The molecule has 1 fully saturated rings. The van der Waals surface area contributed by atoms with Crippen LogP contribution in [0.2, 0.25) is 0 Å². The zero-order chi connectivity index (χ0) is 21.0. The number of alkyl halides is 2. The third-order valence-electron chi connectivity index (χ3n) is 4.87. The van der Waals surface area contributed by atoms with Crippen LogP contribution in [0.1, 0.15) is 43.7 Å². The second kappa shape index (κ2) is 9.39. The highest BCUT2D eigenvalue weighted by atomic mass is 32.1. The van der Waals surface area contributed by atoms with E-state index in [0.29, 0.717) is 23.6 Å². The average Bonchev–Trinajstić information content (AvgIpc) is 3.52. The van der Waals surface area contributed by atoms with Crippen molar-refractivity contribution in [2.24, 2.45) is 0 Å². The van der Waals surface area contributed by atoms with Gasteiger partial charge < -0.3 is 19.7 Å². The van der Waals surface area contributed by atoms with Gasteiger partial charge in [-0.2, -0.15) is 8.78 Å². The molecular formula is C22H26F2N2O2S. The van der Waals surface area contributed by atoms with Crippen LogP contribution in [-0.2, 0) is 6.54 Å². The number of anilines is 1. The lowest BCUT2D eigenvalue weighted by atomic mass is 10.0. The van der Waals surface area contributed by atoms with Crippen molar-refractivity contribution < 1.29 is 18.3 Å². The van der Waals surface area contributed by atoms with Gasteiger partial charge in [-0.05, 0) is 66.4 Å². The Morgan fingerprint density at radius 1 is 1.14 bits per heavy atom. The highest BCUT2D eigenvalue weighted by molar-refractivity contribution is 7.80. The molecule has 7 heteroatoms. The minimum Gasteiger partial charge on any atom is -0.493 e. The maximum absolute atomic E-state index is 12.5. The smallest absolute Gasteiger partial charge is 0.387 e. The van der Waals surface area contributed by atoms with Crippen LogP contribution in [0.3, 0.4) is 0 Å². The maximum Gasteiger partial charge on any atom is 0.387 e. The second-order valence-electron chi connectivity index (χ2n) is 7.43. The van der Waals surface area contributed by atoms with E-state index < -0.39 is 6.61 Å². The summed E-state index contributed by atoms with van der Waals surface area (Å²) in [5.41, 5.74) is 3.14. The molecule has 156 valence electrons. The van der Waals surface area contributed by atoms with Crippen LogP contribution in [0, 0.1) is 0 Å². The number of nitrogens with one attached hydrogen (secondary N) is 1. The van der Waals surface area contributed by atoms with Crippen LogP contribution in [0.15, 0.2) is 42.5 Å². The Kier molecular flexibility index (Phi) is 6.90. The predicted molar refractivity (Wildman–Crippen MR) is 115 cm³/mol. The number of ether oxygens (including phenoxy) is 2. The summed E-state index contributed by atoms with van der Waals surface area (Å²) in [6, 6.07) is 13.6. The first kappa shape index (κ1) is 21.3. The predicted octanol–water partition coefficient (Wildman–Crippen LogP) is 5.78. The Bertz CT molecular complexity index is 839. The summed E-state index contributed by atoms with van der Waals surface area (Å²) >= 11 is 5.66. The molecule has 3 rings (SSSR count). The topological polar surface area (TPSA) is 33.7 Å². The fraction of sp³-hybridized carbons (Fsp3) is 0.409. The van der Waals surface area contributed by atoms with E-state index in [4.69, 9.17) is 17.0 Å². The average molecular weight is 421 g/mol. The van der Waals surface area contributed by atoms with E-state index in [9.17, 15) is 8.78 Å². The molecule has 0 radical (unpaired) electrons. The summed E-state index contributed by atoms with van der Waals surface area (Å²) in [7, 11) is 1.43. The number of nitrogens with zero attached hydrogens (tertiary/aromatic N) is 1. The number of thiocarbonyl (C=S) groups is 1. The summed E-state index contributed by atoms with van der Waals surface area (Å²) in [5, 5.41) is 3.97. The molecule has 2 aromatic carbocycles. The number of hydrogen-bond acceptors (Lipinski definition) is 3. The van der Waals surface area contributed by atoms with Crippen molar-refractivity contribution in [1.82, 2.24) is 4.90 Å². The second-order valence-corrected chi connectivity index (χ2v) is 7.82. The lowest BCUT2D eigenvalue weighted by Crippen LogP contribution is -2.36. The molecular weight excluding hydrogens is 394 g/mol. The summed E-state index contributed by atoms with van der Waals surface area (Å²) < 4.78 is 34.8. The number of halogens is 2. The highest BCUT2D eigenvalue weighted by Gasteiger charge is 2.31. The Hall–Kier alpha value is -2.41. The van der Waals surface area contributed by atoms with E-state index in [2.05, 4.69) is 40.9 Å². The number of methoxy groups -OCH3 is 1. The van der Waals surface area contributed by atoms with Crippen molar-refractivity contribution in [1.29, 1.82) is 0 Å². The van der Waals surface area contributed by atoms with Crippen LogP contribution in [0.4, 0.5) is 14.5 Å². The molecule has 0 aromatic heterocycles. The molecule has 1 N–H and O–H groups in total. The minimum atomic E-state index is -2.89. The van der Waals surface area contributed by atoms with E-state index in [-0.39, 0.29) is 11.5 Å². The number of rotatable bonds is 8. The Labute approximate surface area is 175 Å². The van der Waals surface area contributed by atoms with Crippen molar-refractivity contribution in [3.63, 3.8) is 0 Å². The Morgan fingerprint density at radius 2 is 1.83 bits per heavy atom. The SMILES string of the molecule is COc1cc(CN(C(=S)Nc2ccc(C(C)C)cc2)C2CC2)ccc1OC(F)F. The molecule has 0 bridgehead atoms. The molecule has 0 saturated heterocycles. The molecule has 0 amide bonds. The third-order valence-corrected chi connectivity index (χ3v) is 5.21. The van der Waals surface area contributed by atoms with E-state index in [1.54, 1.807) is 12.1 Å². The van der Waals surface area contributed by atoms with Gasteiger partial charge in [-0.15, -0.1) is 0 Å². The largest absolute Gasteiger partial charge is 0.493 e. The van der Waals surface area contributed by atoms with E-state index in [1.165, 1.54) is 18.7 Å². The van der Waals surface area contributed by atoms with Crippen molar-refractivity contribution in [2.75, 3.05) is 12.4 Å². The normalized spacial score (nSPS) is 13.5. The zero-order valence-corrected chi connectivity index (χ0v) is 17.6. The van der Waals surface area contributed by atoms with Crippen molar-refractivity contribution in [2.45, 2.75) is 51.8 Å². The fourth-order valence-corrected chi connectivity index (χ4v) is 3.43. The van der Waals surface area contributed by atoms with Gasteiger partial charge in [0.15, 0.2) is 16.6 Å². The summed E-state index contributed by atoms with van der Waals surface area (Å²) in [4.78, 5) is 2.13. The molecule has 4 nitrogen and oxygen atoms in total. The van der Waals surface area contributed by atoms with Crippen molar-refractivity contribution in [3.8, 4) is 11.5 Å². The molecule has 1 saturated carbocycles. The molecule has 1 aliphatic carbocycles. The standard InChI is InChI=1S/C22H26F2N2O2S/c1-14(2)16-5-7-17(8-6-16)25-22(29)26(18-9-10-18)13-15-4-11-19(28-21(23)24)20(12-15)27-3/h4-8,11-12,14,18,21H,9-10,13H2,1-3H3,(H,25,29). The van der Waals surface area contributed by atoms with Gasteiger partial charge >= 0.3 is 6.61 Å². The Morgan fingerprint density at radius 3 is 2.38 bits per heavy atom. The van der Waals surface area contributed by atoms with Crippen molar-refractivity contribution in [3.05, 3.63) is 53.6 Å². The van der Waals surface area contributed by atoms with Gasteiger partial charge in [0.1, 0.15) is 0 Å². The molecule has 29 heavy (non-hydrogen) atoms. The van der Waals surface area contributed by atoms with Gasteiger partial charge in [-0.3, -0.25) is 0 Å². The highest BCUT2D eigenvalue weighted by Crippen LogP contribution is 2.33. The zero-order valence-electron chi connectivity index (χ0n) is 16.8. The molecule has 0 unspecified atom stereocenters. The monoisotopic (exact) mass is 420 g/mol. The molecule has 0 atom stereocenters. The van der Waals surface area contributed by atoms with Crippen LogP contribution in [-0.4, -0.2) is 29.8 Å². The first-order valence-corrected chi connectivity index (χ1v) is 10.1. The van der Waals surface area contributed by atoms with Gasteiger partial charge in [-0.25, -0.2) is 0 Å². The van der Waals surface area contributed by atoms with Gasteiger partial charge in [0.2, 0.25) is 0 Å². The van der Waals surface area contributed by atoms with Crippen molar-refractivity contribution >= 4 is 23.0 Å². The maximum atomic E-state index is 12.5. The third kappa shape index (κ3) is 5.79. The van der Waals surface area contributed by atoms with Crippen LogP contribution < -0.4 is 14.8 Å². The molecule has 0 aliphatic heterocycles. The quantitative estimate of drug-likeness (QED) is 0.548. The van der Waals surface area contributed by atoms with Gasteiger partial charge in [-0.1, -0.05) is 32.0 Å². The first-order chi connectivity index (χ1) is 13.9. The van der Waals surface area contributed by atoms with E-state index in [0.717, 1.165) is 24.1 Å². The van der Waals surface area contributed by atoms with Gasteiger partial charge in [0.25, 0.3) is 0 Å². The van der Waals surface area contributed by atoms with Gasteiger partial charge in [0.05, 0.1) is 7.11 Å². The fourth-order valence-electron chi connectivity index (χ4n) is 3.10. The summed E-state index contributed by atoms with van der Waals surface area (Å²) in [5.74, 6) is 0.780. The summed E-state index contributed by atoms with van der Waals surface area (Å²) in [6.07, 6.45) is 2.16. The molecule has 1 aliphatic rings. The molecule has 0 heterocycles. The Balaban J connectivity index is 1.70. The van der Waals surface area contributed by atoms with Gasteiger partial charge in [0, 0.05) is 18.3 Å². The van der Waals surface area contributed by atoms with Crippen LogP contribution >= 0.6 is 12.2 Å². The minimum absolute atomic E-state index is 0.0233.